The van der Waals surface area contributed by atoms with Crippen LogP contribution in [0, 0.1) is 0 Å². The number of anilines is 1. The van der Waals surface area contributed by atoms with E-state index in [0.717, 1.165) is 0 Å². The SMILES string of the molecule is COc1ccc(NC(=O)C(Cl)(Cl)Cl)c(C(C)=O)c1. The van der Waals surface area contributed by atoms with Crippen LogP contribution in [0.2, 0.25) is 0 Å². The summed E-state index contributed by atoms with van der Waals surface area (Å²) in [5, 5.41) is 2.37. The Morgan fingerprint density at radius 2 is 1.89 bits per heavy atom. The summed E-state index contributed by atoms with van der Waals surface area (Å²) >= 11 is 16.3. The highest BCUT2D eigenvalue weighted by molar-refractivity contribution is 6.76. The Hall–Kier alpha value is -0.970. The number of Topliss-reactive ketones (excluding diaryl/α,β-unsaturated/α-hetero) is 1. The molecule has 0 aliphatic carbocycles. The molecule has 1 N–H and O–H groups in total. The Bertz CT molecular complexity index is 483. The maximum absolute atomic E-state index is 11.5. The summed E-state index contributed by atoms with van der Waals surface area (Å²) in [5.41, 5.74) is 0.538. The van der Waals surface area contributed by atoms with Crippen LogP contribution in [0.4, 0.5) is 5.69 Å². The van der Waals surface area contributed by atoms with Crippen molar-refractivity contribution in [1.82, 2.24) is 0 Å². The van der Waals surface area contributed by atoms with Gasteiger partial charge in [0.2, 0.25) is 0 Å². The first-order valence-electron chi connectivity index (χ1n) is 4.83. The maximum Gasteiger partial charge on any atom is 0.276 e. The van der Waals surface area contributed by atoms with Crippen molar-refractivity contribution in [1.29, 1.82) is 0 Å². The molecule has 0 radical (unpaired) electrons. The maximum atomic E-state index is 11.5. The molecular formula is C11H10Cl3NO3. The fraction of sp³-hybridized carbons (Fsp3) is 0.273. The van der Waals surface area contributed by atoms with Crippen molar-refractivity contribution in [2.24, 2.45) is 0 Å². The van der Waals surface area contributed by atoms with Crippen LogP contribution in [0.25, 0.3) is 0 Å². The minimum atomic E-state index is -2.09. The summed E-state index contributed by atoms with van der Waals surface area (Å²) < 4.78 is 2.90. The number of carbonyl (C=O) groups excluding carboxylic acids is 2. The van der Waals surface area contributed by atoms with Crippen LogP contribution in [0.3, 0.4) is 0 Å². The van der Waals surface area contributed by atoms with Gasteiger partial charge in [0.05, 0.1) is 12.8 Å². The van der Waals surface area contributed by atoms with Crippen molar-refractivity contribution in [2.45, 2.75) is 10.7 Å². The van der Waals surface area contributed by atoms with Crippen molar-refractivity contribution in [3.8, 4) is 5.75 Å². The van der Waals surface area contributed by atoms with Crippen LogP contribution in [-0.2, 0) is 4.79 Å². The lowest BCUT2D eigenvalue weighted by molar-refractivity contribution is -0.115. The van der Waals surface area contributed by atoms with Crippen molar-refractivity contribution in [3.63, 3.8) is 0 Å². The number of carbonyl (C=O) groups is 2. The molecule has 0 aliphatic heterocycles. The molecule has 0 heterocycles. The molecule has 0 unspecified atom stereocenters. The highest BCUT2D eigenvalue weighted by Crippen LogP contribution is 2.29. The van der Waals surface area contributed by atoms with Gasteiger partial charge < -0.3 is 10.1 Å². The fourth-order valence-electron chi connectivity index (χ4n) is 1.24. The predicted molar refractivity (Wildman–Crippen MR) is 71.9 cm³/mol. The molecule has 1 aromatic carbocycles. The molecule has 0 saturated heterocycles. The van der Waals surface area contributed by atoms with E-state index in [2.05, 4.69) is 5.32 Å². The van der Waals surface area contributed by atoms with Gasteiger partial charge in [0.1, 0.15) is 5.75 Å². The van der Waals surface area contributed by atoms with Crippen molar-refractivity contribution in [3.05, 3.63) is 23.8 Å². The van der Waals surface area contributed by atoms with E-state index >= 15 is 0 Å². The normalized spacial score (nSPS) is 10.9. The number of halogens is 3. The molecule has 0 spiro atoms. The standard InChI is InChI=1S/C11H10Cl3NO3/c1-6(16)8-5-7(18-2)3-4-9(8)15-10(17)11(12,13)14/h3-5H,1-2H3,(H,15,17). The van der Waals surface area contributed by atoms with E-state index in [0.29, 0.717) is 5.75 Å². The first kappa shape index (κ1) is 15.1. The Morgan fingerprint density at radius 3 is 2.33 bits per heavy atom. The molecule has 1 amide bonds. The number of ketones is 1. The van der Waals surface area contributed by atoms with Gasteiger partial charge in [0.15, 0.2) is 5.78 Å². The zero-order chi connectivity index (χ0) is 13.9. The van der Waals surface area contributed by atoms with Gasteiger partial charge in [-0.25, -0.2) is 0 Å². The molecule has 98 valence electrons. The molecule has 0 aliphatic rings. The van der Waals surface area contributed by atoms with E-state index in [9.17, 15) is 9.59 Å². The van der Waals surface area contributed by atoms with Crippen molar-refractivity contribution >= 4 is 52.2 Å². The summed E-state index contributed by atoms with van der Waals surface area (Å²) in [7, 11) is 1.47. The first-order chi connectivity index (χ1) is 8.25. The predicted octanol–water partition coefficient (Wildman–Crippen LogP) is 3.21. The zero-order valence-electron chi connectivity index (χ0n) is 9.59. The largest absolute Gasteiger partial charge is 0.497 e. The van der Waals surface area contributed by atoms with Gasteiger partial charge in [-0.15, -0.1) is 0 Å². The third-order valence-electron chi connectivity index (χ3n) is 2.11. The molecule has 1 aromatic rings. The van der Waals surface area contributed by atoms with E-state index < -0.39 is 9.70 Å². The highest BCUT2D eigenvalue weighted by atomic mass is 35.6. The molecule has 0 atom stereocenters. The van der Waals surface area contributed by atoms with E-state index in [-0.39, 0.29) is 17.0 Å². The molecule has 1 rings (SSSR count). The van der Waals surface area contributed by atoms with Crippen LogP contribution in [0.15, 0.2) is 18.2 Å². The molecule has 0 saturated carbocycles. The lowest BCUT2D eigenvalue weighted by Crippen LogP contribution is -2.27. The van der Waals surface area contributed by atoms with E-state index in [1.165, 1.54) is 26.2 Å². The molecule has 0 aromatic heterocycles. The second-order valence-corrected chi connectivity index (χ2v) is 5.70. The number of alkyl halides is 3. The second-order valence-electron chi connectivity index (χ2n) is 3.42. The van der Waals surface area contributed by atoms with E-state index in [1.807, 2.05) is 0 Å². The van der Waals surface area contributed by atoms with E-state index in [1.54, 1.807) is 6.07 Å². The number of hydrogen-bond donors (Lipinski definition) is 1. The van der Waals surface area contributed by atoms with Crippen LogP contribution in [-0.4, -0.2) is 22.6 Å². The van der Waals surface area contributed by atoms with Crippen molar-refractivity contribution in [2.75, 3.05) is 12.4 Å². The summed E-state index contributed by atoms with van der Waals surface area (Å²) in [6.45, 7) is 1.36. The van der Waals surface area contributed by atoms with Crippen LogP contribution in [0.5, 0.6) is 5.75 Å². The summed E-state index contributed by atoms with van der Waals surface area (Å²) in [6.07, 6.45) is 0. The molecule has 7 heteroatoms. The number of benzene rings is 1. The molecule has 0 fully saturated rings. The minimum Gasteiger partial charge on any atom is -0.497 e. The van der Waals surface area contributed by atoms with Gasteiger partial charge >= 0.3 is 0 Å². The minimum absolute atomic E-state index is 0.242. The lowest BCUT2D eigenvalue weighted by Gasteiger charge is -2.14. The molecular weight excluding hydrogens is 300 g/mol. The number of hydrogen-bond acceptors (Lipinski definition) is 3. The third kappa shape index (κ3) is 3.77. The zero-order valence-corrected chi connectivity index (χ0v) is 11.9. The third-order valence-corrected chi connectivity index (χ3v) is 2.63. The van der Waals surface area contributed by atoms with Gasteiger partial charge in [0, 0.05) is 5.56 Å². The topological polar surface area (TPSA) is 55.4 Å². The number of nitrogens with one attached hydrogen (secondary N) is 1. The Labute approximate surface area is 119 Å². The summed E-state index contributed by atoms with van der Waals surface area (Å²) in [4.78, 5) is 23.0. The quantitative estimate of drug-likeness (QED) is 0.689. The number of methoxy groups -OCH3 is 1. The summed E-state index contributed by atoms with van der Waals surface area (Å²) in [6, 6.07) is 4.58. The fourth-order valence-corrected chi connectivity index (χ4v) is 1.39. The van der Waals surface area contributed by atoms with Crippen LogP contribution in [0.1, 0.15) is 17.3 Å². The lowest BCUT2D eigenvalue weighted by atomic mass is 10.1. The van der Waals surface area contributed by atoms with Crippen LogP contribution < -0.4 is 10.1 Å². The van der Waals surface area contributed by atoms with Gasteiger partial charge in [0.25, 0.3) is 9.70 Å². The highest BCUT2D eigenvalue weighted by Gasteiger charge is 2.31. The Morgan fingerprint density at radius 1 is 1.28 bits per heavy atom. The van der Waals surface area contributed by atoms with Gasteiger partial charge in [-0.3, -0.25) is 9.59 Å². The van der Waals surface area contributed by atoms with Gasteiger partial charge in [-0.05, 0) is 25.1 Å². The van der Waals surface area contributed by atoms with Gasteiger partial charge in [-0.2, -0.15) is 0 Å². The van der Waals surface area contributed by atoms with E-state index in [4.69, 9.17) is 39.5 Å². The molecule has 4 nitrogen and oxygen atoms in total. The summed E-state index contributed by atoms with van der Waals surface area (Å²) in [5.74, 6) is -0.583. The Kier molecular flexibility index (Phi) is 4.85. The molecule has 18 heavy (non-hydrogen) atoms. The van der Waals surface area contributed by atoms with Gasteiger partial charge in [-0.1, -0.05) is 34.8 Å². The number of amides is 1. The Balaban J connectivity index is 3.09. The first-order valence-corrected chi connectivity index (χ1v) is 5.96. The average molecular weight is 311 g/mol. The number of rotatable bonds is 3. The van der Waals surface area contributed by atoms with Crippen molar-refractivity contribution < 1.29 is 14.3 Å². The second kappa shape index (κ2) is 5.78. The average Bonchev–Trinajstić information content (AvgIpc) is 2.27. The number of ether oxygens (including phenoxy) is 1. The molecule has 0 bridgehead atoms. The smallest absolute Gasteiger partial charge is 0.276 e. The monoisotopic (exact) mass is 309 g/mol. The van der Waals surface area contributed by atoms with Crippen LogP contribution >= 0.6 is 34.8 Å².